The first kappa shape index (κ1) is 22.4. The van der Waals surface area contributed by atoms with E-state index in [9.17, 15) is 19.5 Å². The van der Waals surface area contributed by atoms with Gasteiger partial charge in [-0.15, -0.1) is 0 Å². The van der Waals surface area contributed by atoms with E-state index in [0.717, 1.165) is 30.4 Å². The van der Waals surface area contributed by atoms with Crippen molar-refractivity contribution in [3.63, 3.8) is 0 Å². The van der Waals surface area contributed by atoms with Gasteiger partial charge in [-0.25, -0.2) is 4.79 Å². The zero-order valence-corrected chi connectivity index (χ0v) is 19.0. The third-order valence-electron chi connectivity index (χ3n) is 7.64. The van der Waals surface area contributed by atoms with Crippen LogP contribution >= 0.6 is 0 Å². The highest BCUT2D eigenvalue weighted by atomic mass is 16.5. The van der Waals surface area contributed by atoms with Crippen molar-refractivity contribution in [3.8, 4) is 11.1 Å². The number of aliphatic carboxylic acids is 1. The monoisotopic (exact) mass is 462 g/mol. The summed E-state index contributed by atoms with van der Waals surface area (Å²) < 4.78 is 5.55. The largest absolute Gasteiger partial charge is 0.481 e. The van der Waals surface area contributed by atoms with Crippen LogP contribution in [0.5, 0.6) is 0 Å². The number of carboxylic acids is 1. The molecule has 0 radical (unpaired) electrons. The Morgan fingerprint density at radius 2 is 1.62 bits per heavy atom. The highest BCUT2D eigenvalue weighted by Gasteiger charge is 2.43. The third-order valence-corrected chi connectivity index (χ3v) is 7.64. The van der Waals surface area contributed by atoms with Gasteiger partial charge in [0, 0.05) is 24.9 Å². The second kappa shape index (κ2) is 9.49. The summed E-state index contributed by atoms with van der Waals surface area (Å²) in [5.74, 6) is -1.40. The number of carbonyl (C=O) groups excluding carboxylic acids is 2. The molecule has 3 aliphatic carbocycles. The van der Waals surface area contributed by atoms with Gasteiger partial charge in [-0.1, -0.05) is 55.0 Å². The summed E-state index contributed by atoms with van der Waals surface area (Å²) in [7, 11) is 0. The van der Waals surface area contributed by atoms with Crippen molar-refractivity contribution in [1.29, 1.82) is 0 Å². The van der Waals surface area contributed by atoms with Crippen LogP contribution in [-0.2, 0) is 14.3 Å². The van der Waals surface area contributed by atoms with E-state index in [0.29, 0.717) is 13.0 Å². The van der Waals surface area contributed by atoms with E-state index >= 15 is 0 Å². The molecular formula is C27H30N2O5. The Labute approximate surface area is 198 Å². The molecule has 0 heterocycles. The SMILES string of the molecule is O=C(NC[C@H]1C[C@H]1C(=O)NCC(C(=O)O)C1CCC1)OCC1c2ccccc2-c2ccccc21. The standard InChI is InChI=1S/C27H30N2O5/c30-25(28-14-23(26(31)32)16-6-5-7-16)22-12-17(22)13-29-27(33)34-15-24-20-10-3-1-8-18(20)19-9-2-4-11-21(19)24/h1-4,8-11,16-17,22-24H,5-7,12-15H2,(H,28,30)(H,29,33)(H,31,32)/t17-,22-,23?/m1/s1. The highest BCUT2D eigenvalue weighted by molar-refractivity contribution is 5.82. The van der Waals surface area contributed by atoms with E-state index in [1.807, 2.05) is 24.3 Å². The number of ether oxygens (including phenoxy) is 1. The van der Waals surface area contributed by atoms with Crippen molar-refractivity contribution in [2.24, 2.45) is 23.7 Å². The number of alkyl carbamates (subject to hydrolysis) is 1. The predicted molar refractivity (Wildman–Crippen MR) is 126 cm³/mol. The topological polar surface area (TPSA) is 105 Å². The summed E-state index contributed by atoms with van der Waals surface area (Å²) in [6.45, 7) is 0.813. The normalized spacial score (nSPS) is 21.5. The molecule has 0 aliphatic heterocycles. The molecule has 2 amide bonds. The van der Waals surface area contributed by atoms with Crippen LogP contribution in [0.25, 0.3) is 11.1 Å². The number of hydrogen-bond donors (Lipinski definition) is 3. The summed E-state index contributed by atoms with van der Waals surface area (Å²) in [6.07, 6.45) is 3.11. The molecule has 2 fully saturated rings. The number of carbonyl (C=O) groups is 3. The maximum Gasteiger partial charge on any atom is 0.407 e. The Bertz CT molecular complexity index is 1050. The van der Waals surface area contributed by atoms with Gasteiger partial charge in [0.2, 0.25) is 5.91 Å². The van der Waals surface area contributed by atoms with Crippen molar-refractivity contribution >= 4 is 18.0 Å². The quantitative estimate of drug-likeness (QED) is 0.526. The van der Waals surface area contributed by atoms with E-state index in [1.165, 1.54) is 11.1 Å². The van der Waals surface area contributed by atoms with Crippen LogP contribution in [0, 0.1) is 23.7 Å². The molecule has 0 saturated heterocycles. The molecule has 2 saturated carbocycles. The fraction of sp³-hybridized carbons (Fsp3) is 0.444. The Kier molecular flexibility index (Phi) is 6.26. The fourth-order valence-corrected chi connectivity index (χ4v) is 5.30. The molecule has 3 aliphatic rings. The van der Waals surface area contributed by atoms with E-state index in [1.54, 1.807) is 0 Å². The number of rotatable bonds is 9. The minimum absolute atomic E-state index is 0.00968. The average molecular weight is 463 g/mol. The number of hydrogen-bond acceptors (Lipinski definition) is 4. The summed E-state index contributed by atoms with van der Waals surface area (Å²) in [6, 6.07) is 16.4. The van der Waals surface area contributed by atoms with Crippen LogP contribution in [0.2, 0.25) is 0 Å². The van der Waals surface area contributed by atoms with Crippen molar-refractivity contribution in [1.82, 2.24) is 10.6 Å². The minimum Gasteiger partial charge on any atom is -0.481 e. The van der Waals surface area contributed by atoms with Gasteiger partial charge >= 0.3 is 12.1 Å². The molecule has 2 aromatic rings. The van der Waals surface area contributed by atoms with Gasteiger partial charge in [0.15, 0.2) is 0 Å². The molecule has 7 heteroatoms. The second-order valence-electron chi connectivity index (χ2n) is 9.69. The first-order valence-electron chi connectivity index (χ1n) is 12.1. The number of benzene rings is 2. The van der Waals surface area contributed by atoms with E-state index in [2.05, 4.69) is 34.9 Å². The van der Waals surface area contributed by atoms with Crippen LogP contribution in [0.1, 0.15) is 42.7 Å². The van der Waals surface area contributed by atoms with Gasteiger partial charge in [0.25, 0.3) is 0 Å². The molecule has 3 N–H and O–H groups in total. The Morgan fingerprint density at radius 1 is 0.971 bits per heavy atom. The van der Waals surface area contributed by atoms with Crippen LogP contribution < -0.4 is 10.6 Å². The third kappa shape index (κ3) is 4.52. The lowest BCUT2D eigenvalue weighted by atomic mass is 9.76. The first-order chi connectivity index (χ1) is 16.5. The van der Waals surface area contributed by atoms with Gasteiger partial charge in [-0.05, 0) is 53.4 Å². The molecule has 5 rings (SSSR count). The zero-order valence-electron chi connectivity index (χ0n) is 19.0. The molecular weight excluding hydrogens is 432 g/mol. The summed E-state index contributed by atoms with van der Waals surface area (Å²) in [5, 5.41) is 15.0. The molecule has 178 valence electrons. The van der Waals surface area contributed by atoms with Crippen LogP contribution in [0.15, 0.2) is 48.5 Å². The van der Waals surface area contributed by atoms with Gasteiger partial charge in [0.1, 0.15) is 6.61 Å². The van der Waals surface area contributed by atoms with Gasteiger partial charge < -0.3 is 20.5 Å². The van der Waals surface area contributed by atoms with E-state index < -0.39 is 18.0 Å². The number of carboxylic acid groups (broad SMARTS) is 1. The minimum atomic E-state index is -0.839. The van der Waals surface area contributed by atoms with Gasteiger partial charge in [-0.3, -0.25) is 9.59 Å². The lowest BCUT2D eigenvalue weighted by Gasteiger charge is -2.31. The van der Waals surface area contributed by atoms with Gasteiger partial charge in [-0.2, -0.15) is 0 Å². The molecule has 1 unspecified atom stereocenters. The zero-order chi connectivity index (χ0) is 23.7. The lowest BCUT2D eigenvalue weighted by molar-refractivity contribution is -0.144. The van der Waals surface area contributed by atoms with Crippen molar-refractivity contribution in [2.75, 3.05) is 19.7 Å². The van der Waals surface area contributed by atoms with E-state index in [-0.39, 0.29) is 42.7 Å². The van der Waals surface area contributed by atoms with Crippen LogP contribution in [-0.4, -0.2) is 42.8 Å². The Hall–Kier alpha value is -3.35. The van der Waals surface area contributed by atoms with Crippen molar-refractivity contribution in [2.45, 2.75) is 31.6 Å². The van der Waals surface area contributed by atoms with Gasteiger partial charge in [0.05, 0.1) is 5.92 Å². The number of nitrogens with one attached hydrogen (secondary N) is 2. The number of fused-ring (bicyclic) bond motifs is 3. The van der Waals surface area contributed by atoms with Crippen molar-refractivity contribution < 1.29 is 24.2 Å². The molecule has 3 atom stereocenters. The predicted octanol–water partition coefficient (Wildman–Crippen LogP) is 3.78. The average Bonchev–Trinajstić information content (AvgIpc) is 3.52. The molecule has 0 aromatic heterocycles. The molecule has 34 heavy (non-hydrogen) atoms. The highest BCUT2D eigenvalue weighted by Crippen LogP contribution is 2.44. The summed E-state index contributed by atoms with van der Waals surface area (Å²) >= 11 is 0. The molecule has 0 bridgehead atoms. The van der Waals surface area contributed by atoms with Crippen molar-refractivity contribution in [3.05, 3.63) is 59.7 Å². The summed E-state index contributed by atoms with van der Waals surface area (Å²) in [5.41, 5.74) is 4.69. The Morgan fingerprint density at radius 3 is 2.21 bits per heavy atom. The maximum absolute atomic E-state index is 12.4. The Balaban J connectivity index is 1.06. The van der Waals surface area contributed by atoms with Crippen LogP contribution in [0.3, 0.4) is 0 Å². The smallest absolute Gasteiger partial charge is 0.407 e. The van der Waals surface area contributed by atoms with E-state index in [4.69, 9.17) is 4.74 Å². The molecule has 0 spiro atoms. The first-order valence-corrected chi connectivity index (χ1v) is 12.1. The second-order valence-corrected chi connectivity index (χ2v) is 9.69. The fourth-order valence-electron chi connectivity index (χ4n) is 5.30. The molecule has 2 aromatic carbocycles. The number of amides is 2. The molecule has 7 nitrogen and oxygen atoms in total. The van der Waals surface area contributed by atoms with Crippen LogP contribution in [0.4, 0.5) is 4.79 Å². The lowest BCUT2D eigenvalue weighted by Crippen LogP contribution is -2.40. The maximum atomic E-state index is 12.4. The summed E-state index contributed by atoms with van der Waals surface area (Å²) in [4.78, 5) is 36.2.